The van der Waals surface area contributed by atoms with Gasteiger partial charge in [-0.05, 0) is 6.42 Å². The molecule has 0 aliphatic rings. The van der Waals surface area contributed by atoms with Gasteiger partial charge in [-0.25, -0.2) is 0 Å². The summed E-state index contributed by atoms with van der Waals surface area (Å²) in [5, 5.41) is 0. The topological polar surface area (TPSA) is 27.7 Å². The Morgan fingerprint density at radius 2 is 2.00 bits per heavy atom. The third kappa shape index (κ3) is 10.4. The second-order valence-corrected chi connectivity index (χ2v) is 3.73. The molecule has 0 aliphatic carbocycles. The molecule has 72 valence electrons. The van der Waals surface area contributed by atoms with Gasteiger partial charge in [0.1, 0.15) is 0 Å². The largest absolute Gasteiger partial charge is 0.416 e. The maximum absolute atomic E-state index is 5.42. The minimum atomic E-state index is 0.412. The first-order chi connectivity index (χ1) is 5.91. The monoisotopic (exact) mass is 210 g/mol. The van der Waals surface area contributed by atoms with Crippen molar-refractivity contribution >= 4 is 21.4 Å². The van der Waals surface area contributed by atoms with Gasteiger partial charge >= 0.3 is 0 Å². The van der Waals surface area contributed by atoms with Crippen molar-refractivity contribution in [3.05, 3.63) is 0 Å². The van der Waals surface area contributed by atoms with Gasteiger partial charge in [0.25, 0.3) is 0 Å². The number of alkyl halides is 1. The fourth-order valence-electron chi connectivity index (χ4n) is 0.588. The Morgan fingerprint density at radius 3 is 2.67 bits per heavy atom. The van der Waals surface area contributed by atoms with Crippen LogP contribution in [0.15, 0.2) is 0 Å². The van der Waals surface area contributed by atoms with Gasteiger partial charge in [0, 0.05) is 25.8 Å². The summed E-state index contributed by atoms with van der Waals surface area (Å²) >= 11 is 5.42. The van der Waals surface area contributed by atoms with Crippen LogP contribution in [-0.4, -0.2) is 48.8 Å². The molecule has 0 fully saturated rings. The van der Waals surface area contributed by atoms with Crippen LogP contribution in [0.1, 0.15) is 6.42 Å². The summed E-state index contributed by atoms with van der Waals surface area (Å²) in [6.45, 7) is 2.78. The molecule has 3 nitrogen and oxygen atoms in total. The van der Waals surface area contributed by atoms with Gasteiger partial charge in [-0.15, -0.1) is 11.6 Å². The van der Waals surface area contributed by atoms with Crippen molar-refractivity contribution in [3.8, 4) is 0 Å². The molecule has 0 rings (SSSR count). The lowest BCUT2D eigenvalue weighted by atomic mass is 10.5. The van der Waals surface area contributed by atoms with Crippen molar-refractivity contribution in [1.29, 1.82) is 0 Å². The third-order valence-electron chi connectivity index (χ3n) is 1.12. The summed E-state index contributed by atoms with van der Waals surface area (Å²) in [4.78, 5) is 0. The van der Waals surface area contributed by atoms with E-state index in [4.69, 9.17) is 25.5 Å². The van der Waals surface area contributed by atoms with Crippen molar-refractivity contribution in [1.82, 2.24) is 0 Å². The van der Waals surface area contributed by atoms with E-state index in [1.165, 1.54) is 0 Å². The summed E-state index contributed by atoms with van der Waals surface area (Å²) in [5.74, 6) is 0. The molecular weight excluding hydrogens is 196 g/mol. The van der Waals surface area contributed by atoms with Crippen molar-refractivity contribution in [2.75, 3.05) is 39.0 Å². The molecule has 5 heteroatoms. The number of ether oxygens (including phenoxy) is 2. The number of halogens is 1. The molecule has 2 radical (unpaired) electrons. The first-order valence-corrected chi connectivity index (χ1v) is 5.54. The molecule has 0 aromatic carbocycles. The smallest absolute Gasteiger partial charge is 0.245 e. The molecule has 0 heterocycles. The molecule has 0 aliphatic heterocycles. The quantitative estimate of drug-likeness (QED) is 0.321. The van der Waals surface area contributed by atoms with E-state index in [0.29, 0.717) is 28.5 Å². The van der Waals surface area contributed by atoms with Gasteiger partial charge in [0.2, 0.25) is 9.76 Å². The molecule has 0 aromatic heterocycles. The van der Waals surface area contributed by atoms with Crippen LogP contribution in [0.3, 0.4) is 0 Å². The van der Waals surface area contributed by atoms with E-state index in [0.717, 1.165) is 19.6 Å². The molecule has 0 bridgehead atoms. The lowest BCUT2D eigenvalue weighted by molar-refractivity contribution is 0.0647. The van der Waals surface area contributed by atoms with Crippen LogP contribution < -0.4 is 0 Å². The van der Waals surface area contributed by atoms with Crippen LogP contribution in [0.5, 0.6) is 0 Å². The highest BCUT2D eigenvalue weighted by atomic mass is 35.5. The summed E-state index contributed by atoms with van der Waals surface area (Å²) in [6.07, 6.45) is 0.924. The second-order valence-electron chi connectivity index (χ2n) is 2.09. The summed E-state index contributed by atoms with van der Waals surface area (Å²) in [5.41, 5.74) is 0.588. The van der Waals surface area contributed by atoms with Gasteiger partial charge in [0.05, 0.1) is 13.2 Å². The lowest BCUT2D eigenvalue weighted by Gasteiger charge is -2.03. The van der Waals surface area contributed by atoms with Crippen molar-refractivity contribution < 1.29 is 13.9 Å². The minimum absolute atomic E-state index is 0.412. The molecular formula is C7H15ClO3Si. The van der Waals surface area contributed by atoms with E-state index >= 15 is 0 Å². The summed E-state index contributed by atoms with van der Waals surface area (Å²) in [6, 6.07) is 0. The van der Waals surface area contributed by atoms with Gasteiger partial charge in [0.15, 0.2) is 0 Å². The van der Waals surface area contributed by atoms with Crippen molar-refractivity contribution in [3.63, 3.8) is 0 Å². The molecule has 0 saturated heterocycles. The average Bonchev–Trinajstić information content (AvgIpc) is 2.10. The SMILES string of the molecule is COCCOCCCO[Si]CCl. The highest BCUT2D eigenvalue weighted by Gasteiger charge is 1.90. The first-order valence-electron chi connectivity index (χ1n) is 3.89. The number of rotatable bonds is 9. The number of hydrogen-bond acceptors (Lipinski definition) is 3. The van der Waals surface area contributed by atoms with Crippen LogP contribution in [0.25, 0.3) is 0 Å². The zero-order chi connectivity index (χ0) is 9.07. The summed E-state index contributed by atoms with van der Waals surface area (Å²) in [7, 11) is 2.07. The van der Waals surface area contributed by atoms with Crippen LogP contribution in [0, 0.1) is 0 Å². The van der Waals surface area contributed by atoms with E-state index in [1.807, 2.05) is 0 Å². The fraction of sp³-hybridized carbons (Fsp3) is 1.00. The highest BCUT2D eigenvalue weighted by Crippen LogP contribution is 1.85. The standard InChI is InChI=1S/C7H15ClO3Si/c1-9-5-6-10-3-2-4-11-12-7-8/h2-7H2,1H3. The molecule has 0 unspecified atom stereocenters. The number of methoxy groups -OCH3 is 1. The first kappa shape index (κ1) is 12.4. The minimum Gasteiger partial charge on any atom is -0.416 e. The zero-order valence-corrected chi connectivity index (χ0v) is 9.10. The van der Waals surface area contributed by atoms with Crippen molar-refractivity contribution in [2.45, 2.75) is 6.42 Å². The Morgan fingerprint density at radius 1 is 1.17 bits per heavy atom. The molecule has 0 spiro atoms. The predicted molar refractivity (Wildman–Crippen MR) is 49.7 cm³/mol. The zero-order valence-electron chi connectivity index (χ0n) is 7.35. The Balaban J connectivity index is 2.73. The molecule has 0 saturated carbocycles. The van der Waals surface area contributed by atoms with Crippen LogP contribution in [-0.2, 0) is 13.9 Å². The van der Waals surface area contributed by atoms with Gasteiger partial charge in [-0.1, -0.05) is 0 Å². The molecule has 12 heavy (non-hydrogen) atoms. The van der Waals surface area contributed by atoms with Gasteiger partial charge < -0.3 is 13.9 Å². The summed E-state index contributed by atoms with van der Waals surface area (Å²) < 4.78 is 15.2. The normalized spacial score (nSPS) is 10.5. The van der Waals surface area contributed by atoms with E-state index in [-0.39, 0.29) is 0 Å². The molecule has 0 atom stereocenters. The Kier molecular flexibility index (Phi) is 11.8. The molecule has 0 amide bonds. The Labute approximate surface area is 81.3 Å². The number of hydrogen-bond donors (Lipinski definition) is 0. The Hall–Kier alpha value is 0.387. The Bertz CT molecular complexity index is 75.1. The van der Waals surface area contributed by atoms with Crippen LogP contribution >= 0.6 is 11.6 Å². The third-order valence-corrected chi connectivity index (χ3v) is 1.97. The van der Waals surface area contributed by atoms with Crippen molar-refractivity contribution in [2.24, 2.45) is 0 Å². The lowest BCUT2D eigenvalue weighted by Crippen LogP contribution is -2.07. The van der Waals surface area contributed by atoms with E-state index < -0.39 is 0 Å². The molecule has 0 N–H and O–H groups in total. The van der Waals surface area contributed by atoms with Crippen LogP contribution in [0.2, 0.25) is 0 Å². The maximum atomic E-state index is 5.42. The highest BCUT2D eigenvalue weighted by molar-refractivity contribution is 6.45. The van der Waals surface area contributed by atoms with E-state index in [9.17, 15) is 0 Å². The van der Waals surface area contributed by atoms with Gasteiger partial charge in [-0.3, -0.25) is 0 Å². The van der Waals surface area contributed by atoms with Gasteiger partial charge in [-0.2, -0.15) is 0 Å². The maximum Gasteiger partial charge on any atom is 0.245 e. The van der Waals surface area contributed by atoms with E-state index in [2.05, 4.69) is 0 Å². The molecule has 0 aromatic rings. The second kappa shape index (κ2) is 11.4. The fourth-order valence-corrected chi connectivity index (χ4v) is 1.19. The predicted octanol–water partition coefficient (Wildman–Crippen LogP) is 0.872. The average molecular weight is 211 g/mol. The van der Waals surface area contributed by atoms with E-state index in [1.54, 1.807) is 7.11 Å². The van der Waals surface area contributed by atoms with Crippen LogP contribution in [0.4, 0.5) is 0 Å².